The molecule has 0 saturated carbocycles. The van der Waals surface area contributed by atoms with Crippen LogP contribution in [0.15, 0.2) is 42.6 Å². The number of fused-ring (bicyclic) bond motifs is 1. The predicted octanol–water partition coefficient (Wildman–Crippen LogP) is 3.58. The Morgan fingerprint density at radius 2 is 2.00 bits per heavy atom. The van der Waals surface area contributed by atoms with Crippen LogP contribution in [0.5, 0.6) is 0 Å². The first-order valence-electron chi connectivity index (χ1n) is 7.33. The van der Waals surface area contributed by atoms with Crippen LogP contribution >= 0.6 is 0 Å². The molecule has 0 bridgehead atoms. The Morgan fingerprint density at radius 1 is 1.15 bits per heavy atom. The predicted molar refractivity (Wildman–Crippen MR) is 83.2 cm³/mol. The van der Waals surface area contributed by atoms with Gasteiger partial charge in [0.1, 0.15) is 5.82 Å². The van der Waals surface area contributed by atoms with E-state index in [1.807, 2.05) is 19.2 Å². The van der Waals surface area contributed by atoms with E-state index in [1.165, 1.54) is 24.1 Å². The first-order chi connectivity index (χ1) is 9.77. The number of anilines is 2. The lowest BCUT2D eigenvalue weighted by molar-refractivity contribution is 0.747. The van der Waals surface area contributed by atoms with Crippen LogP contribution in [-0.4, -0.2) is 11.5 Å². The lowest BCUT2D eigenvalue weighted by Gasteiger charge is -2.27. The van der Waals surface area contributed by atoms with Crippen LogP contribution in [-0.2, 0) is 6.42 Å². The van der Waals surface area contributed by atoms with Crippen LogP contribution in [0.4, 0.5) is 11.5 Å². The number of pyridine rings is 1. The van der Waals surface area contributed by atoms with Crippen molar-refractivity contribution in [1.29, 1.82) is 0 Å². The van der Waals surface area contributed by atoms with Crippen molar-refractivity contribution in [3.05, 3.63) is 53.7 Å². The van der Waals surface area contributed by atoms with Gasteiger partial charge in [0.25, 0.3) is 0 Å². The summed E-state index contributed by atoms with van der Waals surface area (Å²) in [6.07, 6.45) is 5.42. The molecule has 3 heteroatoms. The van der Waals surface area contributed by atoms with Crippen molar-refractivity contribution in [3.8, 4) is 0 Å². The quantitative estimate of drug-likeness (QED) is 0.904. The third-order valence-electron chi connectivity index (χ3n) is 3.92. The van der Waals surface area contributed by atoms with Crippen LogP contribution in [0.1, 0.15) is 36.9 Å². The van der Waals surface area contributed by atoms with Crippen molar-refractivity contribution in [2.75, 3.05) is 11.4 Å². The largest absolute Gasteiger partial charge is 0.326 e. The molecule has 2 heterocycles. The van der Waals surface area contributed by atoms with Gasteiger partial charge < -0.3 is 10.6 Å². The Morgan fingerprint density at radius 3 is 2.85 bits per heavy atom. The van der Waals surface area contributed by atoms with E-state index in [4.69, 9.17) is 5.73 Å². The highest BCUT2D eigenvalue weighted by Gasteiger charge is 2.20. The van der Waals surface area contributed by atoms with Crippen LogP contribution in [0, 0.1) is 0 Å². The zero-order chi connectivity index (χ0) is 13.9. The van der Waals surface area contributed by atoms with Crippen LogP contribution in [0.3, 0.4) is 0 Å². The van der Waals surface area contributed by atoms with Gasteiger partial charge in [0, 0.05) is 30.0 Å². The minimum absolute atomic E-state index is 0.00545. The molecule has 0 saturated heterocycles. The summed E-state index contributed by atoms with van der Waals surface area (Å²) in [5.74, 6) is 1.01. The van der Waals surface area contributed by atoms with E-state index < -0.39 is 0 Å². The smallest absolute Gasteiger partial charge is 0.137 e. The highest BCUT2D eigenvalue weighted by Crippen LogP contribution is 2.34. The van der Waals surface area contributed by atoms with Crippen LogP contribution in [0.2, 0.25) is 0 Å². The second-order valence-electron chi connectivity index (χ2n) is 5.44. The van der Waals surface area contributed by atoms with Crippen molar-refractivity contribution in [1.82, 2.24) is 4.98 Å². The molecule has 0 spiro atoms. The topological polar surface area (TPSA) is 42.1 Å². The molecule has 3 rings (SSSR count). The molecule has 2 N–H and O–H groups in total. The molecule has 3 nitrogen and oxygen atoms in total. The third kappa shape index (κ3) is 2.41. The summed E-state index contributed by atoms with van der Waals surface area (Å²) < 4.78 is 0. The summed E-state index contributed by atoms with van der Waals surface area (Å²) in [5.41, 5.74) is 9.92. The van der Waals surface area contributed by atoms with Gasteiger partial charge >= 0.3 is 0 Å². The maximum Gasteiger partial charge on any atom is 0.137 e. The number of aromatic nitrogens is 1. The lowest BCUT2D eigenvalue weighted by atomic mass is 10.1. The molecular weight excluding hydrogens is 246 g/mol. The summed E-state index contributed by atoms with van der Waals surface area (Å²) >= 11 is 0. The monoisotopic (exact) mass is 267 g/mol. The first-order valence-corrected chi connectivity index (χ1v) is 7.33. The highest BCUT2D eigenvalue weighted by atomic mass is 15.2. The van der Waals surface area contributed by atoms with Gasteiger partial charge in [-0.3, -0.25) is 0 Å². The molecule has 1 atom stereocenters. The Labute approximate surface area is 120 Å². The maximum atomic E-state index is 6.11. The van der Waals surface area contributed by atoms with E-state index in [9.17, 15) is 0 Å². The second-order valence-corrected chi connectivity index (χ2v) is 5.44. The Hall–Kier alpha value is -1.87. The molecule has 0 radical (unpaired) electrons. The molecule has 20 heavy (non-hydrogen) atoms. The fourth-order valence-corrected chi connectivity index (χ4v) is 2.90. The first kappa shape index (κ1) is 13.1. The standard InChI is InChI=1S/C17H21N3/c1-13(18)15-9-6-11-19-17(15)20-12-5-4-8-14-7-2-3-10-16(14)20/h2-3,6-7,9-11,13H,4-5,8,12,18H2,1H3/t13-/m1/s1. The van der Waals surface area contributed by atoms with Crippen molar-refractivity contribution >= 4 is 11.5 Å². The van der Waals surface area contributed by atoms with Gasteiger partial charge in [0.15, 0.2) is 0 Å². The molecule has 0 amide bonds. The summed E-state index contributed by atoms with van der Waals surface area (Å²) in [4.78, 5) is 6.94. The SMILES string of the molecule is C[C@@H](N)c1cccnc1N1CCCCc2ccccc21. The zero-order valence-electron chi connectivity index (χ0n) is 11.9. The number of hydrogen-bond donors (Lipinski definition) is 1. The molecule has 0 aliphatic carbocycles. The summed E-state index contributed by atoms with van der Waals surface area (Å²) in [5, 5.41) is 0. The average Bonchev–Trinajstić information content (AvgIpc) is 2.69. The number of hydrogen-bond acceptors (Lipinski definition) is 3. The lowest BCUT2D eigenvalue weighted by Crippen LogP contribution is -2.22. The summed E-state index contributed by atoms with van der Waals surface area (Å²) in [6, 6.07) is 12.7. The van der Waals surface area contributed by atoms with Gasteiger partial charge in [-0.2, -0.15) is 0 Å². The fourth-order valence-electron chi connectivity index (χ4n) is 2.90. The number of benzene rings is 1. The fraction of sp³-hybridized carbons (Fsp3) is 0.353. The van der Waals surface area contributed by atoms with Gasteiger partial charge in [0.2, 0.25) is 0 Å². The molecule has 0 unspecified atom stereocenters. The number of aryl methyl sites for hydroxylation is 1. The summed E-state index contributed by atoms with van der Waals surface area (Å²) in [6.45, 7) is 3.03. The zero-order valence-corrected chi connectivity index (χ0v) is 11.9. The van der Waals surface area contributed by atoms with E-state index in [1.54, 1.807) is 0 Å². The molecule has 1 aromatic carbocycles. The number of nitrogens with zero attached hydrogens (tertiary/aromatic N) is 2. The van der Waals surface area contributed by atoms with Crippen molar-refractivity contribution < 1.29 is 0 Å². The van der Waals surface area contributed by atoms with Crippen LogP contribution < -0.4 is 10.6 Å². The molecule has 2 aromatic rings. The van der Waals surface area contributed by atoms with Gasteiger partial charge in [0.05, 0.1) is 0 Å². The average molecular weight is 267 g/mol. The van der Waals surface area contributed by atoms with Gasteiger partial charge in [-0.1, -0.05) is 24.3 Å². The Bertz CT molecular complexity index is 592. The molecule has 0 fully saturated rings. The second kappa shape index (κ2) is 5.63. The Kier molecular flexibility index (Phi) is 3.70. The normalized spacial score (nSPS) is 16.4. The van der Waals surface area contributed by atoms with E-state index >= 15 is 0 Å². The number of para-hydroxylation sites is 1. The Balaban J connectivity index is 2.10. The van der Waals surface area contributed by atoms with E-state index in [-0.39, 0.29) is 6.04 Å². The molecule has 104 valence electrons. The molecular formula is C17H21N3. The third-order valence-corrected chi connectivity index (χ3v) is 3.92. The summed E-state index contributed by atoms with van der Waals surface area (Å²) in [7, 11) is 0. The number of nitrogens with two attached hydrogens (primary N) is 1. The van der Waals surface area contributed by atoms with E-state index in [2.05, 4.69) is 40.2 Å². The molecule has 1 aliphatic rings. The molecule has 1 aliphatic heterocycles. The highest BCUT2D eigenvalue weighted by molar-refractivity contribution is 5.67. The van der Waals surface area contributed by atoms with Gasteiger partial charge in [-0.15, -0.1) is 0 Å². The van der Waals surface area contributed by atoms with Crippen molar-refractivity contribution in [2.45, 2.75) is 32.2 Å². The van der Waals surface area contributed by atoms with Crippen molar-refractivity contribution in [3.63, 3.8) is 0 Å². The van der Waals surface area contributed by atoms with Gasteiger partial charge in [-0.05, 0) is 43.9 Å². The molecule has 1 aromatic heterocycles. The van der Waals surface area contributed by atoms with Crippen molar-refractivity contribution in [2.24, 2.45) is 5.73 Å². The minimum Gasteiger partial charge on any atom is -0.326 e. The number of rotatable bonds is 2. The van der Waals surface area contributed by atoms with Gasteiger partial charge in [-0.25, -0.2) is 4.98 Å². The maximum absolute atomic E-state index is 6.11. The van der Waals surface area contributed by atoms with E-state index in [0.717, 1.165) is 24.3 Å². The van der Waals surface area contributed by atoms with E-state index in [0.29, 0.717) is 0 Å². The minimum atomic E-state index is -0.00545. The van der Waals surface area contributed by atoms with Crippen LogP contribution in [0.25, 0.3) is 0 Å².